The van der Waals surface area contributed by atoms with Crippen LogP contribution in [-0.4, -0.2) is 45.6 Å². The summed E-state index contributed by atoms with van der Waals surface area (Å²) in [4.78, 5) is 2.16. The van der Waals surface area contributed by atoms with Gasteiger partial charge in [0.15, 0.2) is 9.84 Å². The highest BCUT2D eigenvalue weighted by molar-refractivity contribution is 7.91. The predicted molar refractivity (Wildman–Crippen MR) is 77.4 cm³/mol. The van der Waals surface area contributed by atoms with E-state index in [4.69, 9.17) is 0 Å². The minimum atomic E-state index is -2.82. The van der Waals surface area contributed by atoms with Crippen LogP contribution in [0.25, 0.3) is 0 Å². The van der Waals surface area contributed by atoms with Crippen LogP contribution in [0.15, 0.2) is 18.2 Å². The summed E-state index contributed by atoms with van der Waals surface area (Å²) in [5.74, 6) is 0.339. The van der Waals surface area contributed by atoms with Gasteiger partial charge in [-0.2, -0.15) is 0 Å². The van der Waals surface area contributed by atoms with Crippen LogP contribution in [0.3, 0.4) is 0 Å². The molecule has 20 heavy (non-hydrogen) atoms. The molecule has 0 saturated carbocycles. The van der Waals surface area contributed by atoms with Gasteiger partial charge in [0.05, 0.1) is 11.5 Å². The van der Waals surface area contributed by atoms with Gasteiger partial charge < -0.3 is 10.2 Å². The summed E-state index contributed by atoms with van der Waals surface area (Å²) in [6.45, 7) is 2.42. The third-order valence-electron chi connectivity index (χ3n) is 4.09. The lowest BCUT2D eigenvalue weighted by Crippen LogP contribution is -2.37. The fourth-order valence-electron chi connectivity index (χ4n) is 3.01. The molecule has 0 aromatic heterocycles. The highest BCUT2D eigenvalue weighted by Gasteiger charge is 2.27. The van der Waals surface area contributed by atoms with Crippen molar-refractivity contribution in [2.75, 3.05) is 36.0 Å². The lowest BCUT2D eigenvalue weighted by Gasteiger charge is -2.21. The molecule has 0 spiro atoms. The molecule has 1 atom stereocenters. The number of nitrogens with zero attached hydrogens (tertiary/aromatic N) is 1. The molecule has 0 amide bonds. The van der Waals surface area contributed by atoms with Crippen molar-refractivity contribution in [1.82, 2.24) is 5.32 Å². The van der Waals surface area contributed by atoms with Gasteiger partial charge in [0, 0.05) is 31.4 Å². The molecule has 2 aliphatic rings. The van der Waals surface area contributed by atoms with Crippen LogP contribution in [0.4, 0.5) is 10.1 Å². The average molecular weight is 298 g/mol. The highest BCUT2D eigenvalue weighted by Crippen LogP contribution is 2.28. The zero-order valence-electron chi connectivity index (χ0n) is 11.3. The van der Waals surface area contributed by atoms with Crippen molar-refractivity contribution in [2.45, 2.75) is 18.9 Å². The molecule has 1 aromatic carbocycles. The summed E-state index contributed by atoms with van der Waals surface area (Å²) < 4.78 is 36.0. The van der Waals surface area contributed by atoms with E-state index in [0.717, 1.165) is 31.7 Å². The SMILES string of the molecule is O=S1(=O)CCC(NCCN2CCc3ccc(F)cc32)C1. The summed E-state index contributed by atoms with van der Waals surface area (Å²) in [6, 6.07) is 5.02. The Morgan fingerprint density at radius 1 is 1.40 bits per heavy atom. The lowest BCUT2D eigenvalue weighted by molar-refractivity contribution is 0.553. The summed E-state index contributed by atoms with van der Waals surface area (Å²) in [7, 11) is -2.82. The molecule has 1 unspecified atom stereocenters. The second-order valence-electron chi connectivity index (χ2n) is 5.56. The first-order valence-corrected chi connectivity index (χ1v) is 8.83. The predicted octanol–water partition coefficient (Wildman–Crippen LogP) is 0.965. The van der Waals surface area contributed by atoms with Gasteiger partial charge in [-0.05, 0) is 30.5 Å². The van der Waals surface area contributed by atoms with Crippen molar-refractivity contribution >= 4 is 15.5 Å². The Morgan fingerprint density at radius 2 is 2.25 bits per heavy atom. The van der Waals surface area contributed by atoms with E-state index in [9.17, 15) is 12.8 Å². The van der Waals surface area contributed by atoms with Gasteiger partial charge in [-0.15, -0.1) is 0 Å². The Bertz CT molecular complexity index is 603. The number of hydrogen-bond donors (Lipinski definition) is 1. The number of benzene rings is 1. The van der Waals surface area contributed by atoms with E-state index in [0.29, 0.717) is 12.2 Å². The molecule has 0 radical (unpaired) electrons. The maximum atomic E-state index is 13.3. The van der Waals surface area contributed by atoms with Crippen molar-refractivity contribution in [3.8, 4) is 0 Å². The number of nitrogens with one attached hydrogen (secondary N) is 1. The normalized spacial score (nSPS) is 24.1. The Labute approximate surface area is 118 Å². The number of anilines is 1. The number of hydrogen-bond acceptors (Lipinski definition) is 4. The standard InChI is InChI=1S/C14H19FN2O2S/c15-12-2-1-11-3-6-17(14(11)9-12)7-5-16-13-4-8-20(18,19)10-13/h1-2,9,13,16H,3-8,10H2. The van der Waals surface area contributed by atoms with Crippen LogP contribution < -0.4 is 10.2 Å². The first kappa shape index (κ1) is 13.8. The van der Waals surface area contributed by atoms with Gasteiger partial charge in [0.1, 0.15) is 5.82 Å². The maximum absolute atomic E-state index is 13.3. The lowest BCUT2D eigenvalue weighted by atomic mass is 10.2. The zero-order chi connectivity index (χ0) is 14.2. The molecule has 3 rings (SSSR count). The molecule has 1 aromatic rings. The number of halogens is 1. The Kier molecular flexibility index (Phi) is 3.69. The first-order chi connectivity index (χ1) is 9.53. The topological polar surface area (TPSA) is 49.4 Å². The van der Waals surface area contributed by atoms with Crippen LogP contribution in [0.2, 0.25) is 0 Å². The molecule has 110 valence electrons. The monoisotopic (exact) mass is 298 g/mol. The summed E-state index contributed by atoms with van der Waals surface area (Å²) in [5, 5.41) is 3.29. The Hall–Kier alpha value is -1.14. The van der Waals surface area contributed by atoms with Crippen LogP contribution in [0.5, 0.6) is 0 Å². The minimum absolute atomic E-state index is 0.0783. The molecule has 1 saturated heterocycles. The van der Waals surface area contributed by atoms with E-state index in [1.165, 1.54) is 11.6 Å². The van der Waals surface area contributed by atoms with Crippen LogP contribution in [0, 0.1) is 5.82 Å². The Balaban J connectivity index is 1.53. The largest absolute Gasteiger partial charge is 0.370 e. The molecule has 1 N–H and O–H groups in total. The van der Waals surface area contributed by atoms with Crippen molar-refractivity contribution in [3.05, 3.63) is 29.6 Å². The second kappa shape index (κ2) is 5.33. The van der Waals surface area contributed by atoms with Crippen LogP contribution in [0.1, 0.15) is 12.0 Å². The Morgan fingerprint density at radius 3 is 3.00 bits per heavy atom. The molecule has 6 heteroatoms. The van der Waals surface area contributed by atoms with E-state index >= 15 is 0 Å². The smallest absolute Gasteiger partial charge is 0.151 e. The van der Waals surface area contributed by atoms with Crippen molar-refractivity contribution in [1.29, 1.82) is 0 Å². The van der Waals surface area contributed by atoms with Crippen molar-refractivity contribution < 1.29 is 12.8 Å². The van der Waals surface area contributed by atoms with Gasteiger partial charge in [0.25, 0.3) is 0 Å². The molecule has 1 fully saturated rings. The highest BCUT2D eigenvalue weighted by atomic mass is 32.2. The first-order valence-electron chi connectivity index (χ1n) is 7.01. The third kappa shape index (κ3) is 2.96. The zero-order valence-corrected chi connectivity index (χ0v) is 12.1. The summed E-state index contributed by atoms with van der Waals surface area (Å²) in [6.07, 6.45) is 1.65. The molecule has 0 aliphatic carbocycles. The van der Waals surface area contributed by atoms with E-state index in [1.54, 1.807) is 6.07 Å². The van der Waals surface area contributed by atoms with Crippen molar-refractivity contribution in [2.24, 2.45) is 0 Å². The quantitative estimate of drug-likeness (QED) is 0.900. The van der Waals surface area contributed by atoms with E-state index in [1.807, 2.05) is 6.07 Å². The molecule has 2 heterocycles. The van der Waals surface area contributed by atoms with Gasteiger partial charge >= 0.3 is 0 Å². The van der Waals surface area contributed by atoms with Gasteiger partial charge in [-0.3, -0.25) is 0 Å². The number of sulfone groups is 1. The fraction of sp³-hybridized carbons (Fsp3) is 0.571. The average Bonchev–Trinajstić information content (AvgIpc) is 2.93. The number of rotatable bonds is 4. The second-order valence-corrected chi connectivity index (χ2v) is 7.79. The summed E-state index contributed by atoms with van der Waals surface area (Å²) in [5.41, 5.74) is 2.17. The number of fused-ring (bicyclic) bond motifs is 1. The van der Waals surface area contributed by atoms with Crippen molar-refractivity contribution in [3.63, 3.8) is 0 Å². The van der Waals surface area contributed by atoms with Gasteiger partial charge in [-0.1, -0.05) is 6.07 Å². The van der Waals surface area contributed by atoms with Crippen LogP contribution >= 0.6 is 0 Å². The van der Waals surface area contributed by atoms with E-state index in [-0.39, 0.29) is 17.6 Å². The minimum Gasteiger partial charge on any atom is -0.370 e. The molecular formula is C14H19FN2O2S. The molecule has 4 nitrogen and oxygen atoms in total. The fourth-order valence-corrected chi connectivity index (χ4v) is 4.72. The van der Waals surface area contributed by atoms with Gasteiger partial charge in [-0.25, -0.2) is 12.8 Å². The van der Waals surface area contributed by atoms with Crippen LogP contribution in [-0.2, 0) is 16.3 Å². The molecular weight excluding hydrogens is 279 g/mol. The summed E-state index contributed by atoms with van der Waals surface area (Å²) >= 11 is 0. The molecule has 2 aliphatic heterocycles. The van der Waals surface area contributed by atoms with E-state index < -0.39 is 9.84 Å². The molecule has 0 bridgehead atoms. The third-order valence-corrected chi connectivity index (χ3v) is 5.85. The maximum Gasteiger partial charge on any atom is 0.151 e. The van der Waals surface area contributed by atoms with E-state index in [2.05, 4.69) is 10.2 Å². The van der Waals surface area contributed by atoms with Gasteiger partial charge in [0.2, 0.25) is 0 Å².